The Labute approximate surface area is 177 Å². The van der Waals surface area contributed by atoms with E-state index in [0.717, 1.165) is 16.5 Å². The highest BCUT2D eigenvalue weighted by molar-refractivity contribution is 6.23. The van der Waals surface area contributed by atoms with Gasteiger partial charge in [-0.2, -0.15) is 0 Å². The van der Waals surface area contributed by atoms with Crippen LogP contribution < -0.4 is 4.90 Å². The summed E-state index contributed by atoms with van der Waals surface area (Å²) in [7, 11) is 0. The van der Waals surface area contributed by atoms with Crippen LogP contribution in [-0.2, 0) is 11.3 Å². The van der Waals surface area contributed by atoms with Gasteiger partial charge in [0, 0.05) is 17.8 Å². The Morgan fingerprint density at radius 1 is 0.871 bits per heavy atom. The van der Waals surface area contributed by atoms with Crippen molar-refractivity contribution >= 4 is 29.1 Å². The van der Waals surface area contributed by atoms with Crippen LogP contribution in [0.2, 0.25) is 0 Å². The predicted octanol–water partition coefficient (Wildman–Crippen LogP) is 3.42. The molecule has 0 fully saturated rings. The molecule has 0 aliphatic carbocycles. The topological polar surface area (TPSA) is 101 Å². The SMILES string of the molecule is O=C1c2ccc([N+](=O)[O-])cc2C(=O)N1CC(=O)N(Cc1ccccc1)c1ccccc1. The molecule has 1 aliphatic heterocycles. The Morgan fingerprint density at radius 3 is 2.13 bits per heavy atom. The molecule has 154 valence electrons. The van der Waals surface area contributed by atoms with E-state index in [1.54, 1.807) is 24.3 Å². The van der Waals surface area contributed by atoms with Crippen LogP contribution in [0.1, 0.15) is 26.3 Å². The average Bonchev–Trinajstić information content (AvgIpc) is 3.03. The predicted molar refractivity (Wildman–Crippen MR) is 113 cm³/mol. The number of fused-ring (bicyclic) bond motifs is 1. The standard InChI is InChI=1S/C23H17N3O5/c27-21(24(17-9-5-2-6-10-17)14-16-7-3-1-4-8-16)15-25-22(28)19-12-11-18(26(30)31)13-20(19)23(25)29/h1-13H,14-15H2. The van der Waals surface area contributed by atoms with Crippen molar-refractivity contribution in [2.24, 2.45) is 0 Å². The van der Waals surface area contributed by atoms with Gasteiger partial charge in [-0.15, -0.1) is 0 Å². The van der Waals surface area contributed by atoms with Crippen LogP contribution in [0.5, 0.6) is 0 Å². The lowest BCUT2D eigenvalue weighted by Crippen LogP contribution is -2.42. The van der Waals surface area contributed by atoms with Gasteiger partial charge in [-0.1, -0.05) is 48.5 Å². The summed E-state index contributed by atoms with van der Waals surface area (Å²) >= 11 is 0. The lowest BCUT2D eigenvalue weighted by molar-refractivity contribution is -0.384. The minimum absolute atomic E-state index is 0.0534. The summed E-state index contributed by atoms with van der Waals surface area (Å²) in [6.45, 7) is -0.208. The van der Waals surface area contributed by atoms with Crippen molar-refractivity contribution in [2.75, 3.05) is 11.4 Å². The number of nitrogens with zero attached hydrogens (tertiary/aromatic N) is 3. The molecule has 0 radical (unpaired) electrons. The van der Waals surface area contributed by atoms with Gasteiger partial charge in [-0.05, 0) is 23.8 Å². The molecule has 0 saturated carbocycles. The van der Waals surface area contributed by atoms with E-state index in [2.05, 4.69) is 0 Å². The Hall–Kier alpha value is -4.33. The molecule has 1 aliphatic rings. The number of benzene rings is 3. The summed E-state index contributed by atoms with van der Waals surface area (Å²) in [5.74, 6) is -1.81. The van der Waals surface area contributed by atoms with E-state index in [1.165, 1.54) is 17.0 Å². The number of rotatable bonds is 6. The molecule has 0 bridgehead atoms. The average molecular weight is 415 g/mol. The van der Waals surface area contributed by atoms with Crippen LogP contribution in [0.4, 0.5) is 11.4 Å². The Morgan fingerprint density at radius 2 is 1.48 bits per heavy atom. The van der Waals surface area contributed by atoms with Gasteiger partial charge in [0.1, 0.15) is 6.54 Å². The number of carbonyl (C=O) groups is 3. The number of hydrogen-bond donors (Lipinski definition) is 0. The van der Waals surface area contributed by atoms with E-state index in [1.807, 2.05) is 36.4 Å². The van der Waals surface area contributed by atoms with Crippen LogP contribution >= 0.6 is 0 Å². The molecule has 4 rings (SSSR count). The molecule has 3 aromatic carbocycles. The molecular weight excluding hydrogens is 398 g/mol. The second-order valence-electron chi connectivity index (χ2n) is 6.98. The fraction of sp³-hybridized carbons (Fsp3) is 0.0870. The molecule has 0 saturated heterocycles. The summed E-state index contributed by atoms with van der Waals surface area (Å²) < 4.78 is 0. The monoisotopic (exact) mass is 415 g/mol. The largest absolute Gasteiger partial charge is 0.306 e. The first-order chi connectivity index (χ1) is 15.0. The highest BCUT2D eigenvalue weighted by Gasteiger charge is 2.38. The lowest BCUT2D eigenvalue weighted by Gasteiger charge is -2.25. The van der Waals surface area contributed by atoms with Crippen molar-refractivity contribution in [3.05, 3.63) is 106 Å². The molecule has 0 N–H and O–H groups in total. The number of non-ortho nitro benzene ring substituents is 1. The molecule has 3 aromatic rings. The van der Waals surface area contributed by atoms with Crippen LogP contribution in [0, 0.1) is 10.1 Å². The maximum Gasteiger partial charge on any atom is 0.270 e. The summed E-state index contributed by atoms with van der Waals surface area (Å²) in [4.78, 5) is 51.3. The number of nitro benzene ring substituents is 1. The second-order valence-corrected chi connectivity index (χ2v) is 6.98. The van der Waals surface area contributed by atoms with Crippen molar-refractivity contribution in [3.63, 3.8) is 0 Å². The van der Waals surface area contributed by atoms with Gasteiger partial charge >= 0.3 is 0 Å². The highest BCUT2D eigenvalue weighted by Crippen LogP contribution is 2.27. The van der Waals surface area contributed by atoms with Crippen molar-refractivity contribution in [1.82, 2.24) is 4.90 Å². The Bertz CT molecular complexity index is 1180. The number of anilines is 1. The first kappa shape index (κ1) is 20.0. The highest BCUT2D eigenvalue weighted by atomic mass is 16.6. The first-order valence-electron chi connectivity index (χ1n) is 9.49. The summed E-state index contributed by atoms with van der Waals surface area (Å²) in [6.07, 6.45) is 0. The smallest absolute Gasteiger partial charge is 0.270 e. The van der Waals surface area contributed by atoms with Gasteiger partial charge in [0.15, 0.2) is 0 Å². The fourth-order valence-electron chi connectivity index (χ4n) is 3.45. The maximum atomic E-state index is 13.2. The Kier molecular flexibility index (Phi) is 5.28. The number of imide groups is 1. The summed E-state index contributed by atoms with van der Waals surface area (Å²) in [6, 6.07) is 21.8. The number of carbonyl (C=O) groups excluding carboxylic acids is 3. The van der Waals surface area contributed by atoms with Gasteiger partial charge < -0.3 is 4.90 Å². The number of nitro groups is 1. The molecule has 0 spiro atoms. The quantitative estimate of drug-likeness (QED) is 0.349. The third-order valence-electron chi connectivity index (χ3n) is 5.01. The third-order valence-corrected chi connectivity index (χ3v) is 5.01. The van der Waals surface area contributed by atoms with E-state index < -0.39 is 29.2 Å². The molecule has 31 heavy (non-hydrogen) atoms. The van der Waals surface area contributed by atoms with Gasteiger partial charge in [0.05, 0.1) is 22.6 Å². The van der Waals surface area contributed by atoms with Gasteiger partial charge in [-0.3, -0.25) is 29.4 Å². The zero-order valence-electron chi connectivity index (χ0n) is 16.3. The molecule has 8 nitrogen and oxygen atoms in total. The van der Waals surface area contributed by atoms with Gasteiger partial charge in [0.25, 0.3) is 17.5 Å². The molecule has 3 amide bonds. The van der Waals surface area contributed by atoms with E-state index >= 15 is 0 Å². The van der Waals surface area contributed by atoms with Crippen molar-refractivity contribution in [3.8, 4) is 0 Å². The lowest BCUT2D eigenvalue weighted by atomic mass is 10.1. The zero-order chi connectivity index (χ0) is 22.0. The summed E-state index contributed by atoms with van der Waals surface area (Å²) in [5, 5.41) is 11.0. The van der Waals surface area contributed by atoms with E-state index in [4.69, 9.17) is 0 Å². The molecule has 0 unspecified atom stereocenters. The molecule has 8 heteroatoms. The number of amides is 3. The van der Waals surface area contributed by atoms with Crippen LogP contribution in [-0.4, -0.2) is 34.1 Å². The van der Waals surface area contributed by atoms with Crippen molar-refractivity contribution in [2.45, 2.75) is 6.54 Å². The molecule has 0 atom stereocenters. The minimum Gasteiger partial charge on any atom is -0.306 e. The van der Waals surface area contributed by atoms with E-state index in [-0.39, 0.29) is 23.4 Å². The van der Waals surface area contributed by atoms with Crippen LogP contribution in [0.3, 0.4) is 0 Å². The fourth-order valence-corrected chi connectivity index (χ4v) is 3.45. The number of para-hydroxylation sites is 1. The first-order valence-corrected chi connectivity index (χ1v) is 9.49. The van der Waals surface area contributed by atoms with E-state index in [9.17, 15) is 24.5 Å². The van der Waals surface area contributed by atoms with E-state index in [0.29, 0.717) is 5.69 Å². The maximum absolute atomic E-state index is 13.2. The third kappa shape index (κ3) is 3.91. The molecular formula is C23H17N3O5. The molecule has 1 heterocycles. The normalized spacial score (nSPS) is 12.6. The second kappa shape index (κ2) is 8.19. The van der Waals surface area contributed by atoms with Crippen LogP contribution in [0.15, 0.2) is 78.9 Å². The zero-order valence-corrected chi connectivity index (χ0v) is 16.3. The van der Waals surface area contributed by atoms with Gasteiger partial charge in [0.2, 0.25) is 5.91 Å². The minimum atomic E-state index is -0.718. The number of hydrogen-bond acceptors (Lipinski definition) is 5. The van der Waals surface area contributed by atoms with Crippen molar-refractivity contribution in [1.29, 1.82) is 0 Å². The van der Waals surface area contributed by atoms with Gasteiger partial charge in [-0.25, -0.2) is 0 Å². The van der Waals surface area contributed by atoms with Crippen molar-refractivity contribution < 1.29 is 19.3 Å². The summed E-state index contributed by atoms with van der Waals surface area (Å²) in [5.41, 5.74) is 1.21. The van der Waals surface area contributed by atoms with Crippen LogP contribution in [0.25, 0.3) is 0 Å². The Balaban J connectivity index is 1.60. The molecule has 0 aromatic heterocycles.